The van der Waals surface area contributed by atoms with Crippen molar-refractivity contribution in [2.45, 2.75) is 6.92 Å². The molecule has 4 aromatic rings. The normalized spacial score (nSPS) is 13.5. The fourth-order valence-electron chi connectivity index (χ4n) is 4.80. The van der Waals surface area contributed by atoms with Crippen LogP contribution in [0, 0.1) is 12.7 Å². The fraction of sp³-hybridized carbons (Fsp3) is 0.200. The predicted molar refractivity (Wildman–Crippen MR) is 146 cm³/mol. The molecule has 5 rings (SSSR count). The molecule has 1 fully saturated rings. The zero-order valence-electron chi connectivity index (χ0n) is 21.2. The lowest BCUT2D eigenvalue weighted by molar-refractivity contribution is 0.0535. The van der Waals surface area contributed by atoms with Crippen molar-refractivity contribution in [3.8, 4) is 22.7 Å². The molecule has 8 heteroatoms. The summed E-state index contributed by atoms with van der Waals surface area (Å²) in [5.41, 5.74) is 4.08. The van der Waals surface area contributed by atoms with Crippen molar-refractivity contribution in [2.24, 2.45) is 0 Å². The van der Waals surface area contributed by atoms with Gasteiger partial charge in [-0.15, -0.1) is 0 Å². The van der Waals surface area contributed by atoms with Crippen LogP contribution in [0.1, 0.15) is 26.4 Å². The van der Waals surface area contributed by atoms with E-state index in [-0.39, 0.29) is 17.6 Å². The van der Waals surface area contributed by atoms with E-state index in [2.05, 4.69) is 0 Å². The molecule has 1 saturated heterocycles. The second-order valence-electron chi connectivity index (χ2n) is 9.16. The van der Waals surface area contributed by atoms with Crippen LogP contribution in [0.15, 0.2) is 78.9 Å². The van der Waals surface area contributed by atoms with Gasteiger partial charge in [0.2, 0.25) is 0 Å². The van der Waals surface area contributed by atoms with Crippen molar-refractivity contribution < 1.29 is 18.7 Å². The number of rotatable bonds is 5. The molecule has 1 aliphatic rings. The number of methoxy groups -OCH3 is 1. The molecule has 0 spiro atoms. The number of carbonyl (C=O) groups is 2. The highest BCUT2D eigenvalue weighted by Gasteiger charge is 2.28. The highest BCUT2D eigenvalue weighted by Crippen LogP contribution is 2.31. The summed E-state index contributed by atoms with van der Waals surface area (Å²) in [5, 5.41) is 0.604. The summed E-state index contributed by atoms with van der Waals surface area (Å²) in [6.45, 7) is 3.57. The third-order valence-electron chi connectivity index (χ3n) is 6.88. The van der Waals surface area contributed by atoms with Crippen LogP contribution in [0.5, 0.6) is 5.75 Å². The van der Waals surface area contributed by atoms with Gasteiger partial charge in [-0.1, -0.05) is 29.8 Å². The molecule has 1 aliphatic heterocycles. The molecular formula is C30H27ClFN3O3. The van der Waals surface area contributed by atoms with Gasteiger partial charge in [0, 0.05) is 48.1 Å². The number of hydrogen-bond donors (Lipinski definition) is 0. The monoisotopic (exact) mass is 531 g/mol. The summed E-state index contributed by atoms with van der Waals surface area (Å²) in [4.78, 5) is 30.2. The van der Waals surface area contributed by atoms with Crippen molar-refractivity contribution in [1.29, 1.82) is 0 Å². The minimum absolute atomic E-state index is 0.0711. The Morgan fingerprint density at radius 2 is 1.47 bits per heavy atom. The van der Waals surface area contributed by atoms with Crippen LogP contribution in [-0.2, 0) is 0 Å². The second kappa shape index (κ2) is 10.7. The number of hydrogen-bond acceptors (Lipinski definition) is 3. The zero-order valence-corrected chi connectivity index (χ0v) is 21.9. The minimum Gasteiger partial charge on any atom is -0.497 e. The zero-order chi connectivity index (χ0) is 26.8. The van der Waals surface area contributed by atoms with Gasteiger partial charge in [0.05, 0.1) is 18.4 Å². The first-order valence-electron chi connectivity index (χ1n) is 12.3. The van der Waals surface area contributed by atoms with Crippen molar-refractivity contribution in [1.82, 2.24) is 14.4 Å². The van der Waals surface area contributed by atoms with Crippen LogP contribution < -0.4 is 4.74 Å². The molecule has 0 N–H and O–H groups in total. The van der Waals surface area contributed by atoms with E-state index in [9.17, 15) is 14.0 Å². The molecule has 0 saturated carbocycles. The van der Waals surface area contributed by atoms with Crippen LogP contribution >= 0.6 is 11.6 Å². The predicted octanol–water partition coefficient (Wildman–Crippen LogP) is 5.85. The Bertz CT molecular complexity index is 1470. The van der Waals surface area contributed by atoms with Crippen molar-refractivity contribution >= 4 is 23.4 Å². The average Bonchev–Trinajstić information content (AvgIpc) is 3.29. The van der Waals surface area contributed by atoms with E-state index in [0.717, 1.165) is 11.3 Å². The lowest BCUT2D eigenvalue weighted by atomic mass is 10.1. The van der Waals surface area contributed by atoms with Gasteiger partial charge in [0.15, 0.2) is 0 Å². The molecule has 2 heterocycles. The smallest absolute Gasteiger partial charge is 0.255 e. The van der Waals surface area contributed by atoms with E-state index in [1.165, 1.54) is 12.1 Å². The van der Waals surface area contributed by atoms with Gasteiger partial charge in [-0.25, -0.2) is 4.39 Å². The van der Waals surface area contributed by atoms with E-state index in [1.807, 2.05) is 35.8 Å². The Balaban J connectivity index is 1.39. The van der Waals surface area contributed by atoms with E-state index < -0.39 is 0 Å². The Morgan fingerprint density at radius 1 is 0.842 bits per heavy atom. The molecule has 6 nitrogen and oxygen atoms in total. The molecule has 0 atom stereocenters. The lowest BCUT2D eigenvalue weighted by Crippen LogP contribution is -2.50. The van der Waals surface area contributed by atoms with Crippen molar-refractivity contribution in [3.63, 3.8) is 0 Å². The summed E-state index contributed by atoms with van der Waals surface area (Å²) in [6.07, 6.45) is 0. The molecule has 0 radical (unpaired) electrons. The molecule has 0 bridgehead atoms. The Kier molecular flexibility index (Phi) is 7.20. The van der Waals surface area contributed by atoms with Crippen LogP contribution in [0.2, 0.25) is 5.02 Å². The quantitative estimate of drug-likeness (QED) is 0.324. The maximum Gasteiger partial charge on any atom is 0.255 e. The first-order chi connectivity index (χ1) is 18.4. The number of carbonyl (C=O) groups excluding carboxylic acids is 2. The average molecular weight is 532 g/mol. The van der Waals surface area contributed by atoms with Gasteiger partial charge in [-0.3, -0.25) is 9.59 Å². The second-order valence-corrected chi connectivity index (χ2v) is 9.60. The third-order valence-corrected chi connectivity index (χ3v) is 7.13. The number of aromatic nitrogens is 1. The molecule has 3 aromatic carbocycles. The number of halogens is 2. The highest BCUT2D eigenvalue weighted by molar-refractivity contribution is 6.30. The molecule has 2 amide bonds. The van der Waals surface area contributed by atoms with Crippen LogP contribution in [-0.4, -0.2) is 59.5 Å². The van der Waals surface area contributed by atoms with Crippen molar-refractivity contribution in [3.05, 3.63) is 107 Å². The largest absolute Gasteiger partial charge is 0.497 e. The Hall–Kier alpha value is -4.10. The van der Waals surface area contributed by atoms with Crippen LogP contribution in [0.3, 0.4) is 0 Å². The number of nitrogens with zero attached hydrogens (tertiary/aromatic N) is 3. The molecular weight excluding hydrogens is 505 g/mol. The summed E-state index contributed by atoms with van der Waals surface area (Å²) >= 11 is 6.10. The van der Waals surface area contributed by atoms with Gasteiger partial charge in [0.25, 0.3) is 11.8 Å². The molecule has 1 aromatic heterocycles. The van der Waals surface area contributed by atoms with E-state index in [0.29, 0.717) is 59.5 Å². The van der Waals surface area contributed by atoms with Crippen LogP contribution in [0.4, 0.5) is 4.39 Å². The number of benzene rings is 3. The van der Waals surface area contributed by atoms with Gasteiger partial charge >= 0.3 is 0 Å². The van der Waals surface area contributed by atoms with E-state index >= 15 is 0 Å². The van der Waals surface area contributed by atoms with Gasteiger partial charge in [-0.2, -0.15) is 0 Å². The first-order valence-corrected chi connectivity index (χ1v) is 12.7. The standard InChI is InChI=1S/C30H27ClFN3O3/c1-20-27(19-28(21-6-10-23(31)11-7-21)35(20)25-5-3-4-24(32)18-25)30(37)34-16-14-33(15-17-34)29(36)22-8-12-26(38-2)13-9-22/h3-13,18-19H,14-17H2,1-2H3. The first kappa shape index (κ1) is 25.5. The maximum absolute atomic E-state index is 14.1. The summed E-state index contributed by atoms with van der Waals surface area (Å²) in [6, 6.07) is 22.5. The fourth-order valence-corrected chi connectivity index (χ4v) is 4.93. The molecule has 0 unspecified atom stereocenters. The van der Waals surface area contributed by atoms with Crippen molar-refractivity contribution in [2.75, 3.05) is 33.3 Å². The summed E-state index contributed by atoms with van der Waals surface area (Å²) in [5.74, 6) is 0.140. The summed E-state index contributed by atoms with van der Waals surface area (Å²) < 4.78 is 21.2. The molecule has 38 heavy (non-hydrogen) atoms. The Labute approximate surface area is 225 Å². The number of amides is 2. The minimum atomic E-state index is -0.358. The lowest BCUT2D eigenvalue weighted by Gasteiger charge is -2.35. The van der Waals surface area contributed by atoms with Gasteiger partial charge in [0.1, 0.15) is 11.6 Å². The highest BCUT2D eigenvalue weighted by atomic mass is 35.5. The van der Waals surface area contributed by atoms with Gasteiger partial charge in [-0.05, 0) is 73.2 Å². The maximum atomic E-state index is 14.1. The van der Waals surface area contributed by atoms with Gasteiger partial charge < -0.3 is 19.1 Å². The topological polar surface area (TPSA) is 54.8 Å². The number of piperazine rings is 1. The van der Waals surface area contributed by atoms with E-state index in [1.54, 1.807) is 59.4 Å². The third kappa shape index (κ3) is 5.02. The van der Waals surface area contributed by atoms with E-state index in [4.69, 9.17) is 16.3 Å². The Morgan fingerprint density at radius 3 is 2.08 bits per heavy atom. The van der Waals surface area contributed by atoms with Crippen LogP contribution in [0.25, 0.3) is 16.9 Å². The number of ether oxygens (including phenoxy) is 1. The summed E-state index contributed by atoms with van der Waals surface area (Å²) in [7, 11) is 1.58. The molecule has 0 aliphatic carbocycles. The SMILES string of the molecule is COc1ccc(C(=O)N2CCN(C(=O)c3cc(-c4ccc(Cl)cc4)n(-c4cccc(F)c4)c3C)CC2)cc1. The molecule has 194 valence electrons.